The third-order valence-electron chi connectivity index (χ3n) is 4.24. The molecule has 1 aliphatic heterocycles. The second-order valence-corrected chi connectivity index (χ2v) is 5.64. The van der Waals surface area contributed by atoms with Gasteiger partial charge in [-0.15, -0.1) is 0 Å². The lowest BCUT2D eigenvalue weighted by Gasteiger charge is -2.37. The van der Waals surface area contributed by atoms with Gasteiger partial charge >= 0.3 is 0 Å². The van der Waals surface area contributed by atoms with Crippen LogP contribution in [-0.4, -0.2) is 62.0 Å². The number of rotatable bonds is 3. The fraction of sp³-hybridized carbons (Fsp3) is 0.923. The Kier molecular flexibility index (Phi) is 4.40. The zero-order chi connectivity index (χ0) is 12.3. The van der Waals surface area contributed by atoms with Crippen molar-refractivity contribution in [3.8, 4) is 0 Å². The molecule has 0 aromatic heterocycles. The number of hydrogen-bond donors (Lipinski definition) is 1. The Bertz CT molecular complexity index is 271. The lowest BCUT2D eigenvalue weighted by Crippen LogP contribution is -2.51. The van der Waals surface area contributed by atoms with Gasteiger partial charge in [0.25, 0.3) is 0 Å². The molecule has 1 saturated heterocycles. The molecule has 0 aromatic rings. The highest BCUT2D eigenvalue weighted by Gasteiger charge is 2.23. The Morgan fingerprint density at radius 1 is 1.24 bits per heavy atom. The minimum Gasteiger partial charge on any atom is -0.387 e. The molecule has 0 spiro atoms. The van der Waals surface area contributed by atoms with Gasteiger partial charge in [0.15, 0.2) is 0 Å². The summed E-state index contributed by atoms with van der Waals surface area (Å²) in [5, 5.41) is 0. The molecular weight excluding hydrogens is 212 g/mol. The van der Waals surface area contributed by atoms with Crippen molar-refractivity contribution in [1.29, 1.82) is 0 Å². The third kappa shape index (κ3) is 3.42. The maximum Gasteiger partial charge on any atom is 0.0969 e. The van der Waals surface area contributed by atoms with Gasteiger partial charge in [0, 0.05) is 31.6 Å². The standard InChI is InChI=1S/C13H26N4/c1-16-7-8-17(2)12(10-16)9-15-13(14)11-5-3-4-6-11/h11-12H,3-10H2,1-2H3,(H2,14,15). The van der Waals surface area contributed by atoms with Crippen molar-refractivity contribution >= 4 is 5.84 Å². The molecule has 17 heavy (non-hydrogen) atoms. The number of aliphatic imine (C=N–C) groups is 1. The van der Waals surface area contributed by atoms with E-state index in [0.29, 0.717) is 12.0 Å². The Labute approximate surface area is 105 Å². The average Bonchev–Trinajstić information content (AvgIpc) is 2.83. The van der Waals surface area contributed by atoms with Crippen LogP contribution in [0.3, 0.4) is 0 Å². The van der Waals surface area contributed by atoms with Crippen molar-refractivity contribution in [3.05, 3.63) is 0 Å². The van der Waals surface area contributed by atoms with E-state index in [1.54, 1.807) is 0 Å². The molecule has 1 atom stereocenters. The van der Waals surface area contributed by atoms with E-state index in [0.717, 1.165) is 32.0 Å². The first-order valence-electron chi connectivity index (χ1n) is 6.85. The van der Waals surface area contributed by atoms with E-state index in [-0.39, 0.29) is 0 Å². The Morgan fingerprint density at radius 3 is 2.65 bits per heavy atom. The van der Waals surface area contributed by atoms with E-state index in [1.165, 1.54) is 25.7 Å². The van der Waals surface area contributed by atoms with Crippen LogP contribution in [0.5, 0.6) is 0 Å². The quantitative estimate of drug-likeness (QED) is 0.584. The van der Waals surface area contributed by atoms with Crippen LogP contribution in [0.1, 0.15) is 25.7 Å². The van der Waals surface area contributed by atoms with Crippen molar-refractivity contribution in [2.75, 3.05) is 40.3 Å². The van der Waals surface area contributed by atoms with Crippen LogP contribution in [-0.2, 0) is 0 Å². The summed E-state index contributed by atoms with van der Waals surface area (Å²) in [6, 6.07) is 0.536. The Balaban J connectivity index is 1.84. The minimum absolute atomic E-state index is 0.536. The van der Waals surface area contributed by atoms with Gasteiger partial charge in [-0.3, -0.25) is 9.89 Å². The third-order valence-corrected chi connectivity index (χ3v) is 4.24. The fourth-order valence-electron chi connectivity index (χ4n) is 2.86. The lowest BCUT2D eigenvalue weighted by molar-refractivity contribution is 0.119. The second kappa shape index (κ2) is 5.83. The van der Waals surface area contributed by atoms with Gasteiger partial charge in [-0.05, 0) is 26.9 Å². The number of likely N-dealkylation sites (N-methyl/N-ethyl adjacent to an activating group) is 2. The molecule has 2 rings (SSSR count). The van der Waals surface area contributed by atoms with Gasteiger partial charge in [0.2, 0.25) is 0 Å². The summed E-state index contributed by atoms with van der Waals surface area (Å²) in [5.41, 5.74) is 6.09. The molecule has 0 aromatic carbocycles. The molecule has 1 aliphatic carbocycles. The van der Waals surface area contributed by atoms with Crippen LogP contribution in [0, 0.1) is 5.92 Å². The molecule has 2 fully saturated rings. The number of amidine groups is 1. The van der Waals surface area contributed by atoms with Crippen LogP contribution >= 0.6 is 0 Å². The maximum atomic E-state index is 6.09. The first kappa shape index (κ1) is 12.8. The highest BCUT2D eigenvalue weighted by Crippen LogP contribution is 2.24. The SMILES string of the molecule is CN1CCN(C)C(CN=C(N)C2CCCC2)C1. The average molecular weight is 238 g/mol. The number of nitrogens with zero attached hydrogens (tertiary/aromatic N) is 3. The summed E-state index contributed by atoms with van der Waals surface area (Å²) in [5.74, 6) is 1.48. The molecule has 2 aliphatic rings. The van der Waals surface area contributed by atoms with Crippen molar-refractivity contribution in [2.24, 2.45) is 16.6 Å². The first-order chi connectivity index (χ1) is 8.16. The van der Waals surface area contributed by atoms with E-state index in [2.05, 4.69) is 28.9 Å². The van der Waals surface area contributed by atoms with Gasteiger partial charge in [0.05, 0.1) is 12.4 Å². The molecule has 1 saturated carbocycles. The van der Waals surface area contributed by atoms with Gasteiger partial charge in [-0.2, -0.15) is 0 Å². The monoisotopic (exact) mass is 238 g/mol. The summed E-state index contributed by atoms with van der Waals surface area (Å²) >= 11 is 0. The summed E-state index contributed by atoms with van der Waals surface area (Å²) in [6.45, 7) is 4.27. The molecule has 0 amide bonds. The van der Waals surface area contributed by atoms with Crippen LogP contribution in [0.4, 0.5) is 0 Å². The van der Waals surface area contributed by atoms with E-state index in [9.17, 15) is 0 Å². The van der Waals surface area contributed by atoms with Crippen LogP contribution in [0.15, 0.2) is 4.99 Å². The molecule has 1 unspecified atom stereocenters. The largest absolute Gasteiger partial charge is 0.387 e. The first-order valence-corrected chi connectivity index (χ1v) is 6.85. The van der Waals surface area contributed by atoms with E-state index in [1.807, 2.05) is 0 Å². The van der Waals surface area contributed by atoms with Crippen LogP contribution < -0.4 is 5.73 Å². The van der Waals surface area contributed by atoms with E-state index in [4.69, 9.17) is 5.73 Å². The second-order valence-electron chi connectivity index (χ2n) is 5.64. The molecular formula is C13H26N4. The number of piperazine rings is 1. The van der Waals surface area contributed by atoms with Gasteiger partial charge in [-0.25, -0.2) is 0 Å². The van der Waals surface area contributed by atoms with Crippen molar-refractivity contribution in [1.82, 2.24) is 9.80 Å². The molecule has 98 valence electrons. The van der Waals surface area contributed by atoms with Gasteiger partial charge in [0.1, 0.15) is 0 Å². The molecule has 0 bridgehead atoms. The Hall–Kier alpha value is -0.610. The zero-order valence-electron chi connectivity index (χ0n) is 11.2. The smallest absolute Gasteiger partial charge is 0.0969 e. The zero-order valence-corrected chi connectivity index (χ0v) is 11.2. The summed E-state index contributed by atoms with van der Waals surface area (Å²) in [7, 11) is 4.38. The van der Waals surface area contributed by atoms with Gasteiger partial charge in [-0.1, -0.05) is 12.8 Å². The minimum atomic E-state index is 0.536. The van der Waals surface area contributed by atoms with Crippen molar-refractivity contribution in [3.63, 3.8) is 0 Å². The fourth-order valence-corrected chi connectivity index (χ4v) is 2.86. The van der Waals surface area contributed by atoms with Crippen LogP contribution in [0.2, 0.25) is 0 Å². The predicted octanol–water partition coefficient (Wildman–Crippen LogP) is 0.780. The molecule has 2 N–H and O–H groups in total. The van der Waals surface area contributed by atoms with E-state index >= 15 is 0 Å². The number of nitrogens with two attached hydrogens (primary N) is 1. The summed E-state index contributed by atoms with van der Waals surface area (Å²) in [6.07, 6.45) is 5.14. The lowest BCUT2D eigenvalue weighted by atomic mass is 10.1. The highest BCUT2D eigenvalue weighted by molar-refractivity contribution is 5.83. The molecule has 0 radical (unpaired) electrons. The highest BCUT2D eigenvalue weighted by atomic mass is 15.3. The molecule has 4 heteroatoms. The van der Waals surface area contributed by atoms with Crippen molar-refractivity contribution in [2.45, 2.75) is 31.7 Å². The maximum absolute atomic E-state index is 6.09. The molecule has 4 nitrogen and oxygen atoms in total. The molecule has 1 heterocycles. The summed E-state index contributed by atoms with van der Waals surface area (Å²) in [4.78, 5) is 9.43. The Morgan fingerprint density at radius 2 is 1.94 bits per heavy atom. The van der Waals surface area contributed by atoms with Crippen LogP contribution in [0.25, 0.3) is 0 Å². The van der Waals surface area contributed by atoms with Gasteiger partial charge < -0.3 is 10.6 Å². The summed E-state index contributed by atoms with van der Waals surface area (Å²) < 4.78 is 0. The normalized spacial score (nSPS) is 30.0. The predicted molar refractivity (Wildman–Crippen MR) is 72.4 cm³/mol. The topological polar surface area (TPSA) is 44.9 Å². The van der Waals surface area contributed by atoms with Crippen molar-refractivity contribution < 1.29 is 0 Å². The van der Waals surface area contributed by atoms with E-state index < -0.39 is 0 Å². The number of hydrogen-bond acceptors (Lipinski definition) is 3.